The fourth-order valence-corrected chi connectivity index (χ4v) is 3.13. The Morgan fingerprint density at radius 2 is 2.11 bits per heavy atom. The molecule has 0 aliphatic heterocycles. The minimum absolute atomic E-state index is 0.180. The third-order valence-corrected chi connectivity index (χ3v) is 4.46. The molecule has 18 heavy (non-hydrogen) atoms. The molecule has 0 radical (unpaired) electrons. The number of aromatic nitrogens is 1. The first-order valence-electron chi connectivity index (χ1n) is 5.73. The van der Waals surface area contributed by atoms with Gasteiger partial charge in [-0.15, -0.1) is 23.2 Å². The largest absolute Gasteiger partial charge is 0.507 e. The summed E-state index contributed by atoms with van der Waals surface area (Å²) in [6.07, 6.45) is 0.997. The molecular weight excluding hydrogens is 277 g/mol. The lowest BCUT2D eigenvalue weighted by Gasteiger charge is -2.31. The van der Waals surface area contributed by atoms with Crippen LogP contribution in [-0.4, -0.2) is 20.8 Å². The van der Waals surface area contributed by atoms with Gasteiger partial charge in [0, 0.05) is 29.7 Å². The zero-order chi connectivity index (χ0) is 13.4. The molecule has 4 nitrogen and oxygen atoms in total. The Morgan fingerprint density at radius 1 is 1.44 bits per heavy atom. The summed E-state index contributed by atoms with van der Waals surface area (Å²) in [4.78, 5) is 25.4. The number of fused-ring (bicyclic) bond motifs is 1. The van der Waals surface area contributed by atoms with E-state index >= 15 is 0 Å². The van der Waals surface area contributed by atoms with Crippen LogP contribution < -0.4 is 11.0 Å². The number of nitrogens with one attached hydrogen (secondary N) is 1. The molecule has 1 heterocycles. The Kier molecular flexibility index (Phi) is 3.69. The molecular formula is C12H13Cl2NO3. The van der Waals surface area contributed by atoms with Gasteiger partial charge in [0.25, 0.3) is 5.56 Å². The number of rotatable bonds is 1. The Hall–Kier alpha value is -1.00. The number of hydrogen-bond donors (Lipinski definition) is 2. The fourth-order valence-electron chi connectivity index (χ4n) is 2.41. The molecule has 2 N–H and O–H groups in total. The second-order valence-electron chi connectivity index (χ2n) is 4.42. The first-order chi connectivity index (χ1) is 8.45. The molecule has 0 aromatic carbocycles. The number of halogens is 2. The highest BCUT2D eigenvalue weighted by Crippen LogP contribution is 2.41. The van der Waals surface area contributed by atoms with Crippen molar-refractivity contribution < 1.29 is 5.11 Å². The summed E-state index contributed by atoms with van der Waals surface area (Å²) in [5.41, 5.74) is -0.482. The molecule has 0 fully saturated rings. The minimum Gasteiger partial charge on any atom is -0.507 e. The molecule has 98 valence electrons. The van der Waals surface area contributed by atoms with Crippen molar-refractivity contribution in [2.24, 2.45) is 0 Å². The van der Waals surface area contributed by atoms with Crippen molar-refractivity contribution in [1.29, 1.82) is 0 Å². The molecule has 0 amide bonds. The molecule has 0 bridgehead atoms. The SMILES string of the molecule is CCC1c2c(O)cc(=O)c(=O)[nH]c2C[C@H](Cl)[C@H]1Cl. The van der Waals surface area contributed by atoms with Crippen molar-refractivity contribution in [2.75, 3.05) is 0 Å². The third-order valence-electron chi connectivity index (χ3n) is 3.30. The molecule has 0 saturated heterocycles. The van der Waals surface area contributed by atoms with Crippen molar-refractivity contribution in [3.63, 3.8) is 0 Å². The monoisotopic (exact) mass is 289 g/mol. The zero-order valence-electron chi connectivity index (χ0n) is 9.74. The van der Waals surface area contributed by atoms with Gasteiger partial charge in [-0.3, -0.25) is 9.59 Å². The van der Waals surface area contributed by atoms with Gasteiger partial charge in [0.2, 0.25) is 5.43 Å². The number of aromatic hydroxyl groups is 1. The van der Waals surface area contributed by atoms with Crippen LogP contribution in [0, 0.1) is 0 Å². The fraction of sp³-hybridized carbons (Fsp3) is 0.500. The van der Waals surface area contributed by atoms with Crippen LogP contribution in [0.5, 0.6) is 5.75 Å². The summed E-state index contributed by atoms with van der Waals surface area (Å²) in [5.74, 6) is -0.366. The summed E-state index contributed by atoms with van der Waals surface area (Å²) in [6.45, 7) is 1.92. The van der Waals surface area contributed by atoms with E-state index < -0.39 is 11.0 Å². The summed E-state index contributed by atoms with van der Waals surface area (Å²) in [6, 6.07) is 0.943. The quantitative estimate of drug-likeness (QED) is 0.611. The zero-order valence-corrected chi connectivity index (χ0v) is 11.3. The third kappa shape index (κ3) is 2.15. The van der Waals surface area contributed by atoms with Crippen LogP contribution in [0.2, 0.25) is 0 Å². The smallest absolute Gasteiger partial charge is 0.296 e. The van der Waals surface area contributed by atoms with Crippen molar-refractivity contribution in [1.82, 2.24) is 4.98 Å². The molecule has 2 rings (SSSR count). The van der Waals surface area contributed by atoms with Gasteiger partial charge in [0.15, 0.2) is 0 Å². The summed E-state index contributed by atoms with van der Waals surface area (Å²) >= 11 is 12.4. The van der Waals surface area contributed by atoms with E-state index in [-0.39, 0.29) is 22.4 Å². The lowest BCUT2D eigenvalue weighted by Crippen LogP contribution is -2.32. The van der Waals surface area contributed by atoms with Gasteiger partial charge in [-0.25, -0.2) is 0 Å². The Morgan fingerprint density at radius 3 is 2.72 bits per heavy atom. The highest BCUT2D eigenvalue weighted by atomic mass is 35.5. The van der Waals surface area contributed by atoms with E-state index in [0.717, 1.165) is 6.07 Å². The van der Waals surface area contributed by atoms with Gasteiger partial charge in [0.05, 0.1) is 10.8 Å². The first-order valence-corrected chi connectivity index (χ1v) is 6.60. The van der Waals surface area contributed by atoms with Crippen LogP contribution >= 0.6 is 23.2 Å². The molecule has 0 spiro atoms. The van der Waals surface area contributed by atoms with Crippen molar-refractivity contribution >= 4 is 23.2 Å². The Balaban J connectivity index is 2.77. The van der Waals surface area contributed by atoms with Crippen LogP contribution in [0.1, 0.15) is 30.5 Å². The van der Waals surface area contributed by atoms with E-state index in [2.05, 4.69) is 4.98 Å². The van der Waals surface area contributed by atoms with Crippen LogP contribution in [-0.2, 0) is 6.42 Å². The average molecular weight is 290 g/mol. The van der Waals surface area contributed by atoms with Gasteiger partial charge >= 0.3 is 0 Å². The van der Waals surface area contributed by atoms with Crippen LogP contribution in [0.4, 0.5) is 0 Å². The van der Waals surface area contributed by atoms with Crippen molar-refractivity contribution in [2.45, 2.75) is 36.4 Å². The second kappa shape index (κ2) is 4.94. The Bertz CT molecular complexity index is 584. The first kappa shape index (κ1) is 13.4. The maximum absolute atomic E-state index is 11.5. The predicted octanol–water partition coefficient (Wildman–Crippen LogP) is 1.71. The maximum atomic E-state index is 11.5. The second-order valence-corrected chi connectivity index (χ2v) is 5.48. The molecule has 1 unspecified atom stereocenters. The summed E-state index contributed by atoms with van der Waals surface area (Å²) in [7, 11) is 0. The molecule has 3 atom stereocenters. The van der Waals surface area contributed by atoms with E-state index in [9.17, 15) is 14.7 Å². The van der Waals surface area contributed by atoms with Crippen LogP contribution in [0.15, 0.2) is 15.7 Å². The van der Waals surface area contributed by atoms with Crippen molar-refractivity contribution in [3.05, 3.63) is 37.9 Å². The van der Waals surface area contributed by atoms with Crippen LogP contribution in [0.3, 0.4) is 0 Å². The number of alkyl halides is 2. The van der Waals surface area contributed by atoms with E-state index in [1.807, 2.05) is 6.92 Å². The lowest BCUT2D eigenvalue weighted by atomic mass is 9.83. The van der Waals surface area contributed by atoms with Gasteiger partial charge in [-0.2, -0.15) is 0 Å². The predicted molar refractivity (Wildman–Crippen MR) is 71.0 cm³/mol. The van der Waals surface area contributed by atoms with Crippen LogP contribution in [0.25, 0.3) is 0 Å². The number of H-pyrrole nitrogens is 1. The standard InChI is InChI=1S/C12H13Cl2NO3/c1-2-5-10-7(3-6(13)11(5)14)15-12(18)9(17)4-8(10)16/h4-6,11,16H,2-3H2,1H3,(H,15,17,18)/t5?,6-,11-/m0/s1. The van der Waals surface area contributed by atoms with Gasteiger partial charge < -0.3 is 10.1 Å². The molecule has 1 aliphatic rings. The Labute approximate surface area is 114 Å². The highest BCUT2D eigenvalue weighted by molar-refractivity contribution is 6.30. The van der Waals surface area contributed by atoms with E-state index in [1.54, 1.807) is 0 Å². The van der Waals surface area contributed by atoms with E-state index in [0.29, 0.717) is 24.1 Å². The van der Waals surface area contributed by atoms with Gasteiger partial charge in [-0.1, -0.05) is 6.92 Å². The summed E-state index contributed by atoms with van der Waals surface area (Å²) < 4.78 is 0. The van der Waals surface area contributed by atoms with Gasteiger partial charge in [-0.05, 0) is 6.42 Å². The maximum Gasteiger partial charge on any atom is 0.296 e. The summed E-state index contributed by atoms with van der Waals surface area (Å²) in [5, 5.41) is 9.29. The van der Waals surface area contributed by atoms with Gasteiger partial charge in [0.1, 0.15) is 5.75 Å². The van der Waals surface area contributed by atoms with E-state index in [4.69, 9.17) is 23.2 Å². The molecule has 0 saturated carbocycles. The topological polar surface area (TPSA) is 70.2 Å². The van der Waals surface area contributed by atoms with E-state index in [1.165, 1.54) is 0 Å². The lowest BCUT2D eigenvalue weighted by molar-refractivity contribution is 0.445. The van der Waals surface area contributed by atoms with Crippen molar-refractivity contribution in [3.8, 4) is 5.75 Å². The molecule has 1 aromatic rings. The molecule has 1 aliphatic carbocycles. The molecule has 1 aromatic heterocycles. The number of hydrogen-bond acceptors (Lipinski definition) is 3. The minimum atomic E-state index is -0.769. The normalized spacial score (nSPS) is 26.7. The average Bonchev–Trinajstić information content (AvgIpc) is 2.41. The number of aromatic amines is 1. The molecule has 6 heteroatoms. The highest BCUT2D eigenvalue weighted by Gasteiger charge is 2.35.